The first kappa shape index (κ1) is 16.7. The zero-order valence-corrected chi connectivity index (χ0v) is 12.9. The van der Waals surface area contributed by atoms with Crippen LogP contribution in [0.25, 0.3) is 0 Å². The first-order valence-electron chi connectivity index (χ1n) is 6.97. The molecule has 0 saturated carbocycles. The Kier molecular flexibility index (Phi) is 5.47. The summed E-state index contributed by atoms with van der Waals surface area (Å²) in [5.74, 6) is -1.30. The number of aryl methyl sites for hydroxylation is 1. The molecule has 0 aromatic carbocycles. The van der Waals surface area contributed by atoms with E-state index in [1.807, 2.05) is 13.1 Å². The number of carbonyl (C=O) groups excluding carboxylic acids is 1. The van der Waals surface area contributed by atoms with Crippen molar-refractivity contribution >= 4 is 11.9 Å². The lowest BCUT2D eigenvalue weighted by Crippen LogP contribution is -2.41. The molecule has 9 heteroatoms. The van der Waals surface area contributed by atoms with Crippen LogP contribution >= 0.6 is 0 Å². The molecule has 2 rings (SSSR count). The highest BCUT2D eigenvalue weighted by Crippen LogP contribution is 2.07. The second kappa shape index (κ2) is 7.54. The van der Waals surface area contributed by atoms with Gasteiger partial charge >= 0.3 is 5.97 Å². The van der Waals surface area contributed by atoms with Gasteiger partial charge in [0.15, 0.2) is 11.5 Å². The Balaban J connectivity index is 1.98. The molecular formula is C14H18N4O5. The van der Waals surface area contributed by atoms with Crippen molar-refractivity contribution in [3.05, 3.63) is 35.5 Å². The van der Waals surface area contributed by atoms with Crippen molar-refractivity contribution in [2.75, 3.05) is 13.7 Å². The van der Waals surface area contributed by atoms with E-state index in [1.54, 1.807) is 10.9 Å². The van der Waals surface area contributed by atoms with Crippen LogP contribution in [0.15, 0.2) is 23.0 Å². The molecule has 0 aliphatic carbocycles. The van der Waals surface area contributed by atoms with Gasteiger partial charge in [-0.15, -0.1) is 0 Å². The number of methoxy groups -OCH3 is 1. The third-order valence-corrected chi connectivity index (χ3v) is 3.09. The molecule has 2 aromatic rings. The van der Waals surface area contributed by atoms with E-state index in [4.69, 9.17) is 14.4 Å². The number of amides is 1. The van der Waals surface area contributed by atoms with Crippen LogP contribution in [0.3, 0.4) is 0 Å². The van der Waals surface area contributed by atoms with Gasteiger partial charge in [-0.1, -0.05) is 5.16 Å². The van der Waals surface area contributed by atoms with Crippen molar-refractivity contribution in [3.63, 3.8) is 0 Å². The summed E-state index contributed by atoms with van der Waals surface area (Å²) in [6.45, 7) is 2.47. The van der Waals surface area contributed by atoms with E-state index in [-0.39, 0.29) is 18.7 Å². The monoisotopic (exact) mass is 322 g/mol. The molecule has 2 heterocycles. The number of carbonyl (C=O) groups is 2. The van der Waals surface area contributed by atoms with Crippen molar-refractivity contribution < 1.29 is 24.0 Å². The zero-order chi connectivity index (χ0) is 16.8. The van der Waals surface area contributed by atoms with Crippen LogP contribution in [0, 0.1) is 6.92 Å². The molecule has 1 atom stereocenters. The van der Waals surface area contributed by atoms with Crippen molar-refractivity contribution in [1.82, 2.24) is 20.3 Å². The minimum atomic E-state index is -1.13. The van der Waals surface area contributed by atoms with E-state index in [0.717, 1.165) is 5.56 Å². The summed E-state index contributed by atoms with van der Waals surface area (Å²) in [6, 6.07) is 0.415. The third kappa shape index (κ3) is 4.65. The minimum Gasteiger partial charge on any atom is -0.480 e. The number of nitrogens with zero attached hydrogens (tertiary/aromatic N) is 3. The molecule has 2 N–H and O–H groups in total. The number of rotatable bonds is 8. The summed E-state index contributed by atoms with van der Waals surface area (Å²) < 4.78 is 11.6. The maximum absolute atomic E-state index is 12.0. The van der Waals surface area contributed by atoms with E-state index in [2.05, 4.69) is 15.6 Å². The van der Waals surface area contributed by atoms with Crippen molar-refractivity contribution in [2.24, 2.45) is 0 Å². The molecule has 0 fully saturated rings. The number of hydrogen-bond donors (Lipinski definition) is 2. The normalized spacial score (nSPS) is 12.1. The number of nitrogens with one attached hydrogen (secondary N) is 1. The highest BCUT2D eigenvalue weighted by Gasteiger charge is 2.22. The van der Waals surface area contributed by atoms with Crippen LogP contribution in [0.2, 0.25) is 0 Å². The van der Waals surface area contributed by atoms with Gasteiger partial charge in [0.25, 0.3) is 5.91 Å². The number of aliphatic carboxylic acids is 1. The Bertz CT molecular complexity index is 678. The summed E-state index contributed by atoms with van der Waals surface area (Å²) in [5.41, 5.74) is 1.03. The molecule has 0 aliphatic heterocycles. The van der Waals surface area contributed by atoms with Gasteiger partial charge < -0.3 is 19.7 Å². The van der Waals surface area contributed by atoms with Crippen LogP contribution in [-0.2, 0) is 16.1 Å². The van der Waals surface area contributed by atoms with E-state index < -0.39 is 17.9 Å². The fourth-order valence-corrected chi connectivity index (χ4v) is 1.93. The van der Waals surface area contributed by atoms with Crippen LogP contribution < -0.4 is 5.32 Å². The quantitative estimate of drug-likeness (QED) is 0.724. The number of hydrogen-bond acceptors (Lipinski definition) is 6. The number of ether oxygens (including phenoxy) is 1. The average molecular weight is 322 g/mol. The Morgan fingerprint density at radius 3 is 2.91 bits per heavy atom. The van der Waals surface area contributed by atoms with Gasteiger partial charge in [0, 0.05) is 32.4 Å². The second-order valence-electron chi connectivity index (χ2n) is 5.04. The summed E-state index contributed by atoms with van der Waals surface area (Å²) in [5, 5.41) is 19.2. The lowest BCUT2D eigenvalue weighted by Gasteiger charge is -2.12. The second-order valence-corrected chi connectivity index (χ2v) is 5.04. The predicted molar refractivity (Wildman–Crippen MR) is 78.0 cm³/mol. The highest BCUT2D eigenvalue weighted by atomic mass is 16.5. The van der Waals surface area contributed by atoms with Crippen LogP contribution in [0.5, 0.6) is 0 Å². The van der Waals surface area contributed by atoms with E-state index in [0.29, 0.717) is 12.3 Å². The lowest BCUT2D eigenvalue weighted by atomic mass is 10.2. The molecule has 9 nitrogen and oxygen atoms in total. The molecule has 2 aromatic heterocycles. The molecule has 1 amide bonds. The fourth-order valence-electron chi connectivity index (χ4n) is 1.93. The Hall–Kier alpha value is -2.68. The first-order chi connectivity index (χ1) is 11.0. The van der Waals surface area contributed by atoms with Crippen LogP contribution in [0.1, 0.15) is 28.2 Å². The van der Waals surface area contributed by atoms with Gasteiger partial charge in [0.05, 0.1) is 6.20 Å². The van der Waals surface area contributed by atoms with Gasteiger partial charge in [-0.25, -0.2) is 4.79 Å². The van der Waals surface area contributed by atoms with Gasteiger partial charge in [0.2, 0.25) is 0 Å². The maximum Gasteiger partial charge on any atom is 0.326 e. The molecular weight excluding hydrogens is 304 g/mol. The molecule has 0 saturated heterocycles. The SMILES string of the molecule is COCCC(NC(=O)c1cc(Cn2cc(C)cn2)on1)C(=O)O. The molecule has 23 heavy (non-hydrogen) atoms. The summed E-state index contributed by atoms with van der Waals surface area (Å²) in [6.07, 6.45) is 3.69. The van der Waals surface area contributed by atoms with Crippen LogP contribution in [0.4, 0.5) is 0 Å². The molecule has 0 bridgehead atoms. The molecule has 1 unspecified atom stereocenters. The Morgan fingerprint density at radius 1 is 1.52 bits per heavy atom. The minimum absolute atomic E-state index is 0.0209. The van der Waals surface area contributed by atoms with Crippen molar-refractivity contribution in [2.45, 2.75) is 25.9 Å². The largest absolute Gasteiger partial charge is 0.480 e. The molecule has 0 aliphatic rings. The van der Waals surface area contributed by atoms with Crippen LogP contribution in [-0.4, -0.2) is 51.7 Å². The third-order valence-electron chi connectivity index (χ3n) is 3.09. The number of aromatic nitrogens is 3. The maximum atomic E-state index is 12.0. The lowest BCUT2D eigenvalue weighted by molar-refractivity contribution is -0.139. The number of carboxylic acids is 1. The Labute approximate surface area is 132 Å². The van der Waals surface area contributed by atoms with E-state index in [1.165, 1.54) is 13.2 Å². The Morgan fingerprint density at radius 2 is 2.30 bits per heavy atom. The number of carboxylic acid groups (broad SMARTS) is 1. The molecule has 0 radical (unpaired) electrons. The average Bonchev–Trinajstić information content (AvgIpc) is 3.12. The summed E-state index contributed by atoms with van der Waals surface area (Å²) >= 11 is 0. The van der Waals surface area contributed by atoms with Gasteiger partial charge in [0.1, 0.15) is 12.6 Å². The molecule has 0 spiro atoms. The molecule has 124 valence electrons. The van der Waals surface area contributed by atoms with Crippen molar-refractivity contribution in [3.8, 4) is 0 Å². The van der Waals surface area contributed by atoms with E-state index >= 15 is 0 Å². The predicted octanol–water partition coefficient (Wildman–Crippen LogP) is 0.447. The standard InChI is InChI=1S/C14H18N4O5/c1-9-6-15-18(7-9)8-10-5-12(17-23-10)13(19)16-11(14(20)21)3-4-22-2/h5-7,11H,3-4,8H2,1-2H3,(H,16,19)(H,20,21). The highest BCUT2D eigenvalue weighted by molar-refractivity contribution is 5.94. The van der Waals surface area contributed by atoms with Gasteiger partial charge in [-0.05, 0) is 12.5 Å². The van der Waals surface area contributed by atoms with Gasteiger partial charge in [-0.2, -0.15) is 5.10 Å². The van der Waals surface area contributed by atoms with Gasteiger partial charge in [-0.3, -0.25) is 9.48 Å². The summed E-state index contributed by atoms with van der Waals surface area (Å²) in [7, 11) is 1.46. The van der Waals surface area contributed by atoms with E-state index in [9.17, 15) is 9.59 Å². The summed E-state index contributed by atoms with van der Waals surface area (Å²) in [4.78, 5) is 23.1. The zero-order valence-electron chi connectivity index (χ0n) is 12.9. The smallest absolute Gasteiger partial charge is 0.326 e. The first-order valence-corrected chi connectivity index (χ1v) is 6.97. The van der Waals surface area contributed by atoms with Crippen molar-refractivity contribution in [1.29, 1.82) is 0 Å². The fraction of sp³-hybridized carbons (Fsp3) is 0.429. The topological polar surface area (TPSA) is 119 Å².